The summed E-state index contributed by atoms with van der Waals surface area (Å²) in [5, 5.41) is 5.84. The molecule has 3 aromatic rings. The maximum Gasteiger partial charge on any atom is 0.230 e. The maximum atomic E-state index is 11.8. The van der Waals surface area contributed by atoms with Gasteiger partial charge in [-0.25, -0.2) is 4.98 Å². The van der Waals surface area contributed by atoms with Crippen LogP contribution in [-0.4, -0.2) is 15.9 Å². The van der Waals surface area contributed by atoms with E-state index >= 15 is 0 Å². The fourth-order valence-electron chi connectivity index (χ4n) is 1.83. The Kier molecular flexibility index (Phi) is 2.82. The Morgan fingerprint density at radius 3 is 3.17 bits per heavy atom. The molecule has 1 aromatic carbocycles. The van der Waals surface area contributed by atoms with Gasteiger partial charge in [-0.1, -0.05) is 0 Å². The molecule has 0 aliphatic heterocycles. The van der Waals surface area contributed by atoms with Gasteiger partial charge in [0.05, 0.1) is 17.6 Å². The summed E-state index contributed by atoms with van der Waals surface area (Å²) in [5.74, 6) is -0.0456. The molecule has 18 heavy (non-hydrogen) atoms. The Bertz CT molecular complexity index is 672. The average molecular weight is 257 g/mol. The summed E-state index contributed by atoms with van der Waals surface area (Å²) < 4.78 is 0. The quantitative estimate of drug-likeness (QED) is 0.758. The van der Waals surface area contributed by atoms with E-state index in [0.717, 1.165) is 22.3 Å². The molecule has 0 bridgehead atoms. The van der Waals surface area contributed by atoms with Crippen LogP contribution in [0.15, 0.2) is 41.4 Å². The molecular formula is C13H11N3OS. The van der Waals surface area contributed by atoms with Gasteiger partial charge >= 0.3 is 0 Å². The molecule has 0 unspecified atom stereocenters. The molecule has 2 heterocycles. The van der Waals surface area contributed by atoms with Crippen molar-refractivity contribution in [3.8, 4) is 0 Å². The molecule has 0 atom stereocenters. The second-order valence-corrected chi connectivity index (χ2v) is 4.70. The number of hydrogen-bond acceptors (Lipinski definition) is 3. The van der Waals surface area contributed by atoms with Crippen LogP contribution in [0.2, 0.25) is 0 Å². The third-order valence-electron chi connectivity index (χ3n) is 2.66. The Balaban J connectivity index is 1.73. The number of carbonyl (C=O) groups excluding carboxylic acids is 1. The first-order chi connectivity index (χ1) is 8.81. The van der Waals surface area contributed by atoms with E-state index in [1.54, 1.807) is 5.51 Å². The molecule has 0 radical (unpaired) electrons. The number of fused-ring (bicyclic) bond motifs is 1. The lowest BCUT2D eigenvalue weighted by molar-refractivity contribution is -0.115. The van der Waals surface area contributed by atoms with Gasteiger partial charge in [-0.05, 0) is 24.3 Å². The highest BCUT2D eigenvalue weighted by Crippen LogP contribution is 2.18. The van der Waals surface area contributed by atoms with Crippen LogP contribution in [0.4, 0.5) is 5.69 Å². The minimum atomic E-state index is -0.0456. The number of thiazole rings is 1. The number of aromatic nitrogens is 2. The third-order valence-corrected chi connectivity index (χ3v) is 3.30. The van der Waals surface area contributed by atoms with E-state index in [9.17, 15) is 4.79 Å². The molecule has 0 aliphatic carbocycles. The highest BCUT2D eigenvalue weighted by Gasteiger charge is 2.06. The minimum absolute atomic E-state index is 0.0456. The zero-order valence-corrected chi connectivity index (χ0v) is 10.3. The normalized spacial score (nSPS) is 10.7. The van der Waals surface area contributed by atoms with E-state index in [4.69, 9.17) is 0 Å². The van der Waals surface area contributed by atoms with E-state index in [-0.39, 0.29) is 5.91 Å². The molecule has 3 rings (SSSR count). The van der Waals surface area contributed by atoms with Crippen molar-refractivity contribution in [1.29, 1.82) is 0 Å². The van der Waals surface area contributed by atoms with E-state index in [2.05, 4.69) is 15.3 Å². The van der Waals surface area contributed by atoms with Crippen LogP contribution in [0.3, 0.4) is 0 Å². The predicted molar refractivity (Wildman–Crippen MR) is 72.7 cm³/mol. The van der Waals surface area contributed by atoms with Gasteiger partial charge in [-0.3, -0.25) is 4.79 Å². The second kappa shape index (κ2) is 4.62. The van der Waals surface area contributed by atoms with Gasteiger partial charge in [0.15, 0.2) is 0 Å². The molecule has 0 saturated heterocycles. The van der Waals surface area contributed by atoms with Gasteiger partial charge in [0, 0.05) is 28.2 Å². The number of carbonyl (C=O) groups is 1. The second-order valence-electron chi connectivity index (χ2n) is 3.98. The first-order valence-corrected chi connectivity index (χ1v) is 6.49. The van der Waals surface area contributed by atoms with Crippen LogP contribution < -0.4 is 5.32 Å². The van der Waals surface area contributed by atoms with E-state index in [1.807, 2.05) is 35.8 Å². The molecule has 4 nitrogen and oxygen atoms in total. The highest BCUT2D eigenvalue weighted by molar-refractivity contribution is 7.07. The first kappa shape index (κ1) is 11.0. The Labute approximate surface area is 108 Å². The SMILES string of the molecule is O=C(Cc1cscn1)Nc1ccc2[nH]ccc2c1. The number of anilines is 1. The Morgan fingerprint density at radius 1 is 1.39 bits per heavy atom. The van der Waals surface area contributed by atoms with Gasteiger partial charge in [0.1, 0.15) is 0 Å². The molecule has 0 fully saturated rings. The predicted octanol–water partition coefficient (Wildman–Crippen LogP) is 2.81. The van der Waals surface area contributed by atoms with Crippen molar-refractivity contribution >= 4 is 33.8 Å². The zero-order valence-electron chi connectivity index (χ0n) is 9.51. The summed E-state index contributed by atoms with van der Waals surface area (Å²) in [6.07, 6.45) is 2.19. The Morgan fingerprint density at radius 2 is 2.33 bits per heavy atom. The maximum absolute atomic E-state index is 11.8. The van der Waals surface area contributed by atoms with Crippen molar-refractivity contribution in [2.24, 2.45) is 0 Å². The van der Waals surface area contributed by atoms with Gasteiger partial charge in [0.2, 0.25) is 5.91 Å². The number of amides is 1. The molecule has 5 heteroatoms. The summed E-state index contributed by atoms with van der Waals surface area (Å²) >= 11 is 1.50. The summed E-state index contributed by atoms with van der Waals surface area (Å²) in [5.41, 5.74) is 4.41. The molecule has 0 saturated carbocycles. The van der Waals surface area contributed by atoms with Crippen LogP contribution in [-0.2, 0) is 11.2 Å². The molecule has 2 N–H and O–H groups in total. The molecule has 0 spiro atoms. The molecule has 1 amide bonds. The zero-order chi connectivity index (χ0) is 12.4. The van der Waals surface area contributed by atoms with Gasteiger partial charge in [-0.15, -0.1) is 11.3 Å². The minimum Gasteiger partial charge on any atom is -0.361 e. The topological polar surface area (TPSA) is 57.8 Å². The number of benzene rings is 1. The molecule has 2 aromatic heterocycles. The van der Waals surface area contributed by atoms with Crippen LogP contribution in [0, 0.1) is 0 Å². The summed E-state index contributed by atoms with van der Waals surface area (Å²) in [6.45, 7) is 0. The number of rotatable bonds is 3. The van der Waals surface area contributed by atoms with Gasteiger partial charge < -0.3 is 10.3 Å². The largest absolute Gasteiger partial charge is 0.361 e. The lowest BCUT2D eigenvalue weighted by Gasteiger charge is -2.04. The number of H-pyrrole nitrogens is 1. The van der Waals surface area contributed by atoms with Gasteiger partial charge in [0.25, 0.3) is 0 Å². The van der Waals surface area contributed by atoms with Gasteiger partial charge in [-0.2, -0.15) is 0 Å². The standard InChI is InChI=1S/C13H11N3OS/c17-13(6-11-7-18-8-15-11)16-10-1-2-12-9(5-10)3-4-14-12/h1-5,7-8,14H,6H2,(H,16,17). The fraction of sp³-hybridized carbons (Fsp3) is 0.0769. The summed E-state index contributed by atoms with van der Waals surface area (Å²) in [7, 11) is 0. The third kappa shape index (κ3) is 2.26. The van der Waals surface area contributed by atoms with Crippen LogP contribution >= 0.6 is 11.3 Å². The van der Waals surface area contributed by atoms with Crippen molar-refractivity contribution in [3.05, 3.63) is 47.0 Å². The highest BCUT2D eigenvalue weighted by atomic mass is 32.1. The van der Waals surface area contributed by atoms with E-state index in [0.29, 0.717) is 6.42 Å². The van der Waals surface area contributed by atoms with Crippen molar-refractivity contribution in [2.75, 3.05) is 5.32 Å². The lowest BCUT2D eigenvalue weighted by Crippen LogP contribution is -2.14. The van der Waals surface area contributed by atoms with Crippen molar-refractivity contribution < 1.29 is 4.79 Å². The van der Waals surface area contributed by atoms with Crippen molar-refractivity contribution in [2.45, 2.75) is 6.42 Å². The number of hydrogen-bond donors (Lipinski definition) is 2. The number of nitrogens with one attached hydrogen (secondary N) is 2. The monoisotopic (exact) mass is 257 g/mol. The molecule has 90 valence electrons. The summed E-state index contributed by atoms with van der Waals surface area (Å²) in [6, 6.07) is 7.77. The van der Waals surface area contributed by atoms with E-state index in [1.165, 1.54) is 11.3 Å². The van der Waals surface area contributed by atoms with Crippen molar-refractivity contribution in [1.82, 2.24) is 9.97 Å². The summed E-state index contributed by atoms with van der Waals surface area (Å²) in [4.78, 5) is 19.0. The number of aromatic amines is 1. The molecule has 0 aliphatic rings. The van der Waals surface area contributed by atoms with Crippen LogP contribution in [0.1, 0.15) is 5.69 Å². The first-order valence-electron chi connectivity index (χ1n) is 5.55. The van der Waals surface area contributed by atoms with Crippen LogP contribution in [0.5, 0.6) is 0 Å². The Hall–Kier alpha value is -2.14. The van der Waals surface area contributed by atoms with Crippen LogP contribution in [0.25, 0.3) is 10.9 Å². The van der Waals surface area contributed by atoms with Crippen molar-refractivity contribution in [3.63, 3.8) is 0 Å². The molecular weight excluding hydrogens is 246 g/mol. The lowest BCUT2D eigenvalue weighted by atomic mass is 10.2. The number of nitrogens with zero attached hydrogens (tertiary/aromatic N) is 1. The fourth-order valence-corrected chi connectivity index (χ4v) is 2.38. The smallest absolute Gasteiger partial charge is 0.230 e. The average Bonchev–Trinajstić information content (AvgIpc) is 2.98. The van der Waals surface area contributed by atoms with E-state index < -0.39 is 0 Å².